The molecule has 0 fully saturated rings. The van der Waals surface area contributed by atoms with Gasteiger partial charge in [-0.1, -0.05) is 66.0 Å². The van der Waals surface area contributed by atoms with Crippen molar-refractivity contribution in [2.75, 3.05) is 0 Å². The summed E-state index contributed by atoms with van der Waals surface area (Å²) in [5, 5.41) is 3.67. The minimum absolute atomic E-state index is 0.0480. The van der Waals surface area contributed by atoms with Crippen molar-refractivity contribution in [1.82, 2.24) is 5.32 Å². The number of hydrogen-bond acceptors (Lipinski definition) is 1. The van der Waals surface area contributed by atoms with E-state index in [-0.39, 0.29) is 17.0 Å². The molecule has 1 amide bonds. The molecule has 1 N–H and O–H groups in total. The van der Waals surface area contributed by atoms with Crippen molar-refractivity contribution in [1.29, 1.82) is 0 Å². The monoisotopic (exact) mass is 321 g/mol. The third-order valence-corrected chi connectivity index (χ3v) is 4.21. The number of carbonyl (C=O) groups excluding carboxylic acids is 1. The molecule has 0 aliphatic rings. The van der Waals surface area contributed by atoms with Crippen LogP contribution in [0.2, 0.25) is 10.0 Å². The molecule has 2 aromatic rings. The van der Waals surface area contributed by atoms with Crippen molar-refractivity contribution in [3.63, 3.8) is 0 Å². The zero-order chi connectivity index (χ0) is 15.4. The Morgan fingerprint density at radius 3 is 2.43 bits per heavy atom. The van der Waals surface area contributed by atoms with Crippen LogP contribution < -0.4 is 5.32 Å². The van der Waals surface area contributed by atoms with Crippen LogP contribution in [-0.2, 0) is 0 Å². The summed E-state index contributed by atoms with van der Waals surface area (Å²) >= 11 is 12.0. The lowest BCUT2D eigenvalue weighted by Gasteiger charge is -2.18. The normalized spacial score (nSPS) is 12.0. The van der Waals surface area contributed by atoms with Crippen LogP contribution in [0.1, 0.15) is 40.9 Å². The van der Waals surface area contributed by atoms with E-state index in [0.29, 0.717) is 10.6 Å². The number of carbonyl (C=O) groups is 1. The fourth-order valence-electron chi connectivity index (χ4n) is 2.14. The lowest BCUT2D eigenvalue weighted by atomic mass is 10.0. The van der Waals surface area contributed by atoms with Gasteiger partial charge in [0.15, 0.2) is 0 Å². The smallest absolute Gasteiger partial charge is 0.253 e. The zero-order valence-corrected chi connectivity index (χ0v) is 13.5. The molecule has 0 aliphatic heterocycles. The Morgan fingerprint density at radius 2 is 1.81 bits per heavy atom. The molecule has 0 spiro atoms. The molecule has 0 aliphatic carbocycles. The van der Waals surface area contributed by atoms with E-state index >= 15 is 0 Å². The maximum absolute atomic E-state index is 12.4. The van der Waals surface area contributed by atoms with Gasteiger partial charge in [-0.15, -0.1) is 0 Å². The SMILES string of the molecule is CCC(NC(=O)c1cccc(Cl)c1Cl)c1ccc(C)cc1. The van der Waals surface area contributed by atoms with Crippen LogP contribution in [0.3, 0.4) is 0 Å². The Labute approximate surface area is 135 Å². The molecule has 0 saturated carbocycles. The van der Waals surface area contributed by atoms with Gasteiger partial charge in [-0.05, 0) is 31.0 Å². The number of hydrogen-bond donors (Lipinski definition) is 1. The molecule has 21 heavy (non-hydrogen) atoms. The van der Waals surface area contributed by atoms with Gasteiger partial charge >= 0.3 is 0 Å². The molecule has 2 nitrogen and oxygen atoms in total. The number of benzene rings is 2. The third kappa shape index (κ3) is 3.78. The van der Waals surface area contributed by atoms with Crippen LogP contribution in [0.5, 0.6) is 0 Å². The minimum atomic E-state index is -0.213. The van der Waals surface area contributed by atoms with Crippen molar-refractivity contribution in [2.24, 2.45) is 0 Å². The first kappa shape index (κ1) is 15.9. The second-order valence-electron chi connectivity index (χ2n) is 4.95. The van der Waals surface area contributed by atoms with Crippen molar-refractivity contribution in [3.05, 3.63) is 69.2 Å². The van der Waals surface area contributed by atoms with Crippen LogP contribution in [0, 0.1) is 6.92 Å². The predicted molar refractivity (Wildman–Crippen MR) is 88.1 cm³/mol. The third-order valence-electron chi connectivity index (χ3n) is 3.39. The molecular weight excluding hydrogens is 305 g/mol. The van der Waals surface area contributed by atoms with E-state index in [0.717, 1.165) is 12.0 Å². The number of rotatable bonds is 4. The van der Waals surface area contributed by atoms with Crippen molar-refractivity contribution >= 4 is 29.1 Å². The Bertz CT molecular complexity index is 638. The highest BCUT2D eigenvalue weighted by Crippen LogP contribution is 2.26. The molecule has 0 bridgehead atoms. The summed E-state index contributed by atoms with van der Waals surface area (Å²) in [4.78, 5) is 12.4. The number of halogens is 2. The summed E-state index contributed by atoms with van der Waals surface area (Å²) in [6.07, 6.45) is 0.799. The summed E-state index contributed by atoms with van der Waals surface area (Å²) in [7, 11) is 0. The van der Waals surface area contributed by atoms with E-state index < -0.39 is 0 Å². The van der Waals surface area contributed by atoms with E-state index in [1.807, 2.05) is 38.1 Å². The van der Waals surface area contributed by atoms with E-state index in [1.54, 1.807) is 18.2 Å². The molecule has 2 aromatic carbocycles. The number of aryl methyl sites for hydroxylation is 1. The molecule has 1 unspecified atom stereocenters. The molecular formula is C17H17Cl2NO. The Morgan fingerprint density at radius 1 is 1.14 bits per heavy atom. The fraction of sp³-hybridized carbons (Fsp3) is 0.235. The van der Waals surface area contributed by atoms with Crippen molar-refractivity contribution < 1.29 is 4.79 Å². The van der Waals surface area contributed by atoms with Crippen molar-refractivity contribution in [2.45, 2.75) is 26.3 Å². The minimum Gasteiger partial charge on any atom is -0.345 e. The van der Waals surface area contributed by atoms with E-state index in [9.17, 15) is 4.79 Å². The van der Waals surface area contributed by atoms with E-state index in [1.165, 1.54) is 5.56 Å². The largest absolute Gasteiger partial charge is 0.345 e. The number of nitrogens with one attached hydrogen (secondary N) is 1. The first-order chi connectivity index (χ1) is 10.0. The highest BCUT2D eigenvalue weighted by atomic mass is 35.5. The van der Waals surface area contributed by atoms with Crippen molar-refractivity contribution in [3.8, 4) is 0 Å². The average molecular weight is 322 g/mol. The Hall–Kier alpha value is -1.51. The number of amides is 1. The topological polar surface area (TPSA) is 29.1 Å². The summed E-state index contributed by atoms with van der Waals surface area (Å²) in [6.45, 7) is 4.07. The van der Waals surface area contributed by atoms with Crippen LogP contribution in [0.15, 0.2) is 42.5 Å². The highest BCUT2D eigenvalue weighted by molar-refractivity contribution is 6.43. The van der Waals surface area contributed by atoms with Crippen LogP contribution >= 0.6 is 23.2 Å². The Balaban J connectivity index is 2.20. The second-order valence-corrected chi connectivity index (χ2v) is 5.73. The molecule has 110 valence electrons. The molecule has 0 aromatic heterocycles. The van der Waals surface area contributed by atoms with Gasteiger partial charge in [0.05, 0.1) is 21.7 Å². The second kappa shape index (κ2) is 6.97. The molecule has 4 heteroatoms. The molecule has 2 rings (SSSR count). The maximum Gasteiger partial charge on any atom is 0.253 e. The van der Waals surface area contributed by atoms with E-state index in [4.69, 9.17) is 23.2 Å². The summed E-state index contributed by atoms with van der Waals surface area (Å²) in [6, 6.07) is 13.1. The highest BCUT2D eigenvalue weighted by Gasteiger charge is 2.17. The summed E-state index contributed by atoms with van der Waals surface area (Å²) in [5.74, 6) is -0.213. The summed E-state index contributed by atoms with van der Waals surface area (Å²) in [5.41, 5.74) is 2.67. The lowest BCUT2D eigenvalue weighted by Crippen LogP contribution is -2.28. The first-order valence-corrected chi connectivity index (χ1v) is 7.60. The van der Waals surface area contributed by atoms with Crippen LogP contribution in [-0.4, -0.2) is 5.91 Å². The quantitative estimate of drug-likeness (QED) is 0.825. The zero-order valence-electron chi connectivity index (χ0n) is 12.0. The van der Waals surface area contributed by atoms with Gasteiger partial charge in [0.2, 0.25) is 0 Å². The van der Waals surface area contributed by atoms with Crippen LogP contribution in [0.4, 0.5) is 0 Å². The molecule has 0 heterocycles. The lowest BCUT2D eigenvalue weighted by molar-refractivity contribution is 0.0935. The van der Waals surface area contributed by atoms with Gasteiger partial charge in [0.1, 0.15) is 0 Å². The van der Waals surface area contributed by atoms with E-state index in [2.05, 4.69) is 5.32 Å². The molecule has 0 radical (unpaired) electrons. The fourth-order valence-corrected chi connectivity index (χ4v) is 2.52. The van der Waals surface area contributed by atoms with Gasteiger partial charge in [-0.25, -0.2) is 0 Å². The maximum atomic E-state index is 12.4. The Kier molecular flexibility index (Phi) is 5.27. The summed E-state index contributed by atoms with van der Waals surface area (Å²) < 4.78 is 0. The van der Waals surface area contributed by atoms with Crippen LogP contribution in [0.25, 0.3) is 0 Å². The molecule has 0 saturated heterocycles. The predicted octanol–water partition coefficient (Wildman–Crippen LogP) is 5.18. The standard InChI is InChI=1S/C17H17Cl2NO/c1-3-15(12-9-7-11(2)8-10-12)20-17(21)13-5-4-6-14(18)16(13)19/h4-10,15H,3H2,1-2H3,(H,20,21). The first-order valence-electron chi connectivity index (χ1n) is 6.84. The van der Waals surface area contributed by atoms with Gasteiger partial charge in [0, 0.05) is 0 Å². The van der Waals surface area contributed by atoms with Gasteiger partial charge < -0.3 is 5.32 Å². The van der Waals surface area contributed by atoms with Gasteiger partial charge in [0.25, 0.3) is 5.91 Å². The molecule has 1 atom stereocenters. The van der Waals surface area contributed by atoms with Gasteiger partial charge in [-0.3, -0.25) is 4.79 Å². The average Bonchev–Trinajstić information content (AvgIpc) is 2.48. The van der Waals surface area contributed by atoms with Gasteiger partial charge in [-0.2, -0.15) is 0 Å².